The first-order chi connectivity index (χ1) is 57.9. The number of aromatic nitrogens is 2. The number of pyridine rings is 2. The number of amides is 6. The molecule has 2 aliphatic heterocycles. The maximum atomic E-state index is 14.5. The number of hydrogen-bond acceptors (Lipinski definition) is 27. The van der Waals surface area contributed by atoms with Crippen LogP contribution in [0.1, 0.15) is 140 Å². The summed E-state index contributed by atoms with van der Waals surface area (Å²) in [4.78, 5) is 165. The van der Waals surface area contributed by atoms with Gasteiger partial charge in [-0.25, -0.2) is 33.8 Å². The fourth-order valence-electron chi connectivity index (χ4n) is 14.3. The minimum absolute atomic E-state index is 0. The number of rotatable bonds is 25. The van der Waals surface area contributed by atoms with Crippen molar-refractivity contribution in [3.05, 3.63) is 121 Å². The zero-order valence-corrected chi connectivity index (χ0v) is 82.9. The van der Waals surface area contributed by atoms with Crippen LogP contribution in [0, 0.1) is 22.7 Å². The normalized spacial score (nSPS) is 21.0. The first-order valence-corrected chi connectivity index (χ1v) is 42.7. The number of fused-ring (bicyclic) bond motifs is 2. The Bertz CT molecular complexity index is 4900. The average Bonchev–Trinajstić information content (AvgIpc) is 1.58. The number of carbonyl (C=O) groups excluding carboxylic acids is 11. The molecular formula is C79H96B6Br3CsN8O26S. The van der Waals surface area contributed by atoms with Crippen LogP contribution in [-0.4, -0.2) is 253 Å². The zero-order valence-electron chi connectivity index (χ0n) is 71.1. The molecule has 4 heterocycles. The van der Waals surface area contributed by atoms with Crippen LogP contribution in [0.2, 0.25) is 0 Å². The third kappa shape index (κ3) is 26.9. The van der Waals surface area contributed by atoms with Crippen molar-refractivity contribution in [2.75, 3.05) is 55.7 Å². The molecule has 5 N–H and O–H groups in total. The number of esters is 4. The number of hydrogen-bond donors (Lipinski definition) is 5. The van der Waals surface area contributed by atoms with E-state index in [0.29, 0.717) is 53.1 Å². The van der Waals surface area contributed by atoms with Gasteiger partial charge in [0.1, 0.15) is 76.5 Å². The molecule has 124 heavy (non-hydrogen) atoms. The second-order valence-corrected chi connectivity index (χ2v) is 35.8. The van der Waals surface area contributed by atoms with Crippen molar-refractivity contribution in [2.24, 2.45) is 22.7 Å². The molecule has 0 unspecified atom stereocenters. The third-order valence-corrected chi connectivity index (χ3v) is 24.6. The Morgan fingerprint density at radius 1 is 0.613 bits per heavy atom. The number of aromatic amines is 1. The maximum Gasteiger partial charge on any atom is 1.00 e. The summed E-state index contributed by atoms with van der Waals surface area (Å²) < 4.78 is 81.2. The summed E-state index contributed by atoms with van der Waals surface area (Å²) in [7, 11) is 23.6. The number of nitrogens with zero attached hydrogens (tertiary/aromatic N) is 3. The summed E-state index contributed by atoms with van der Waals surface area (Å²) in [5.74, 6) is -4.39. The van der Waals surface area contributed by atoms with E-state index >= 15 is 0 Å². The van der Waals surface area contributed by atoms with Crippen LogP contribution in [0.5, 0.6) is 17.2 Å². The standard InChI is InChI=1S/C36H45BrN4O10.C30H40BrN3O9S.C12H10BrNO4.CH2O3.B6.Cs/c1-8-19-17-36(19,33(45)49-7)40-30(42)24-15-21(18-41(24)31(43)29(35(2,3)4)39-34(46)51-20-11-9-10-12-20)50-26-16-23(32(44)48-6)38-28-22(26)13-14-25(47-5)27(28)37;1-6-18-16-30(18,27(37)41-5)33-25(35)23-15-21(43-44(39,40)22-13-11-19(31)12-14-22)17-34(23)26(36)24(29(2,3)4)32-28(38)42-20-9-7-8-10-20;1-17-9-4-3-6-8(15)5-7(12(16)18-2)14-11(6)10(9)13;2-1-4-3;1-5(2)6(3)4;/h8,13-14,16,19-21,24,29H,1,9-12,15,17-18H2,2-7H3,(H,39,46)(H,40,42);6,11-14,18,20-21,23-24H,1,7-10,15-17H2,2-5H3,(H,32,38)(H,33,35);3-5H,1-2H3,(H,14,15);1,3H;;/q;;;;;+1/p-1/t19-,21-,24+,29-,36-;18-,21+,23+,24-,30-;;;;/m11..../s1. The topological polar surface area (TPSA) is 447 Å². The maximum absolute atomic E-state index is 14.5. The predicted octanol–water partition coefficient (Wildman–Crippen LogP) is 3.14. The molecule has 4 saturated carbocycles. The Balaban J connectivity index is 0.000000293. The van der Waals surface area contributed by atoms with E-state index in [9.17, 15) is 61.2 Å². The number of halogens is 3. The Morgan fingerprint density at radius 3 is 1.44 bits per heavy atom. The Kier molecular flexibility index (Phi) is 39.6. The van der Waals surface area contributed by atoms with E-state index in [-0.39, 0.29) is 159 Å². The van der Waals surface area contributed by atoms with E-state index in [4.69, 9.17) is 83.1 Å². The van der Waals surface area contributed by atoms with Crippen molar-refractivity contribution in [3.63, 3.8) is 0 Å². The second kappa shape index (κ2) is 46.6. The van der Waals surface area contributed by atoms with Gasteiger partial charge in [0, 0.05) is 102 Å². The Morgan fingerprint density at radius 2 is 1.04 bits per heavy atom. The van der Waals surface area contributed by atoms with Gasteiger partial charge >= 0.3 is 105 Å². The van der Waals surface area contributed by atoms with E-state index in [0.717, 1.165) is 51.4 Å². The molecule has 5 aromatic rings. The van der Waals surface area contributed by atoms with Gasteiger partial charge < -0.3 is 88.8 Å². The summed E-state index contributed by atoms with van der Waals surface area (Å²) in [5.41, 5.74) is -3.56. The quantitative estimate of drug-likeness (QED) is 0.00819. The number of likely N-dealkylation sites (tertiary alicyclic amines) is 2. The first kappa shape index (κ1) is 105. The van der Waals surface area contributed by atoms with Gasteiger partial charge in [0.2, 0.25) is 23.6 Å². The molecule has 6 aliphatic rings. The van der Waals surface area contributed by atoms with Crippen LogP contribution < -0.4 is 115 Å². The Labute approximate surface area is 809 Å². The van der Waals surface area contributed by atoms with Gasteiger partial charge in [-0.3, -0.25) is 33.0 Å². The van der Waals surface area contributed by atoms with Gasteiger partial charge in [-0.15, -0.1) is 13.2 Å². The molecule has 11 rings (SSSR count). The molecule has 2 saturated heterocycles. The largest absolute Gasteiger partial charge is 1.00 e. The third-order valence-electron chi connectivity index (χ3n) is 21.1. The monoisotopic (exact) mass is 2040 g/mol. The molecule has 0 bridgehead atoms. The van der Waals surface area contributed by atoms with Gasteiger partial charge in [-0.05, 0) is 155 Å². The number of methoxy groups -OCH3 is 6. The van der Waals surface area contributed by atoms with Crippen LogP contribution in [0.4, 0.5) is 9.59 Å². The number of ether oxygens (including phenoxy) is 9. The SMILES string of the molecule is C=C[C@@H]1C[C@]1(NC(=O)[C@@H]1C[C@@H](Oc2cc(C(=O)OC)nc3c(Br)c(OC)ccc23)CN1C(=O)[C@@H](NC(=O)OC1CCCC1)C(C)(C)C)C(=O)OC.C=C[C@@H]1C[C@]1(NC(=O)[C@@H]1C[C@H](OS(=O)(=O)c2ccc(Br)cc2)CN1C(=O)[C@@H](NC(=O)OC1CCCC1)C(C)(C)C)C(=O)OC.COC(=O)c1cc(=O)c2ccc(OC)c(Br)c2[nH]1.O=CO[O-].[B]B([B])B([B])[B].[Cs+]. The molecule has 6 amide bonds. The van der Waals surface area contributed by atoms with Crippen molar-refractivity contribution >= 4 is 190 Å². The second-order valence-electron chi connectivity index (χ2n) is 31.7. The van der Waals surface area contributed by atoms with E-state index < -0.39 is 141 Å². The molecule has 45 heteroatoms. The van der Waals surface area contributed by atoms with Gasteiger partial charge in [0.25, 0.3) is 16.6 Å². The predicted molar refractivity (Wildman–Crippen MR) is 463 cm³/mol. The fraction of sp³-hybridized carbons (Fsp3) is 0.506. The first-order valence-electron chi connectivity index (χ1n) is 38.9. The van der Waals surface area contributed by atoms with Gasteiger partial charge in [-0.2, -0.15) is 8.42 Å². The van der Waals surface area contributed by atoms with Crippen LogP contribution in [0.25, 0.3) is 21.8 Å². The summed E-state index contributed by atoms with van der Waals surface area (Å²) in [6.07, 6.45) is 5.43. The van der Waals surface area contributed by atoms with Gasteiger partial charge in [0.05, 0.1) is 80.2 Å². The number of carbonyl (C=O) groups is 11. The molecule has 4 aliphatic carbocycles. The minimum Gasteiger partial charge on any atom is -0.662 e. The van der Waals surface area contributed by atoms with Crippen LogP contribution >= 0.6 is 47.8 Å². The molecule has 654 valence electrons. The Hall–Kier alpha value is -7.32. The van der Waals surface area contributed by atoms with Crippen LogP contribution in [-0.2, 0) is 81.2 Å². The van der Waals surface area contributed by atoms with E-state index in [1.54, 1.807) is 90.1 Å². The molecule has 0 spiro atoms. The average molecular weight is 2040 g/mol. The summed E-state index contributed by atoms with van der Waals surface area (Å²) in [6.45, 7) is 17.7. The smallest absolute Gasteiger partial charge is 0.662 e. The molecule has 8 radical (unpaired) electrons. The van der Waals surface area contributed by atoms with Crippen molar-refractivity contribution in [2.45, 2.75) is 183 Å². The van der Waals surface area contributed by atoms with Crippen molar-refractivity contribution < 1.29 is 187 Å². The number of benzene rings is 3. The molecule has 34 nitrogen and oxygen atoms in total. The fourth-order valence-corrected chi connectivity index (χ4v) is 16.8. The summed E-state index contributed by atoms with van der Waals surface area (Å²) in [6, 6.07) is 10.8. The molecular weight excluding hydrogens is 1950 g/mol. The minimum atomic E-state index is -4.26. The van der Waals surface area contributed by atoms with E-state index in [2.05, 4.69) is 102 Å². The molecule has 6 fully saturated rings. The van der Waals surface area contributed by atoms with Crippen molar-refractivity contribution in [1.82, 2.24) is 41.0 Å². The van der Waals surface area contributed by atoms with E-state index in [1.165, 1.54) is 76.7 Å². The number of alkyl carbamates (subject to hydrolysis) is 2. The van der Waals surface area contributed by atoms with Gasteiger partial charge in [0.15, 0.2) is 11.1 Å². The molecule has 3 aromatic carbocycles. The number of H-pyrrole nitrogens is 1. The van der Waals surface area contributed by atoms with Crippen LogP contribution in [0.15, 0.2) is 109 Å². The van der Waals surface area contributed by atoms with Gasteiger partial charge in [-0.1, -0.05) is 69.6 Å². The van der Waals surface area contributed by atoms with Crippen molar-refractivity contribution in [3.8, 4) is 17.2 Å². The zero-order chi connectivity index (χ0) is 91.6. The summed E-state index contributed by atoms with van der Waals surface area (Å²) in [5, 5.41) is 20.5. The van der Waals surface area contributed by atoms with Crippen molar-refractivity contribution in [1.29, 1.82) is 0 Å². The van der Waals surface area contributed by atoms with E-state index in [1.807, 2.05) is 0 Å². The summed E-state index contributed by atoms with van der Waals surface area (Å²) >= 11 is 10.1. The van der Waals surface area contributed by atoms with Crippen LogP contribution in [0.3, 0.4) is 0 Å². The molecule has 10 atom stereocenters. The molecule has 2 aromatic heterocycles. The number of nitrogens with one attached hydrogen (secondary N) is 5.